The quantitative estimate of drug-likeness (QED) is 0.702. The Hall–Kier alpha value is -2.68. The molecule has 0 spiro atoms. The van der Waals surface area contributed by atoms with Crippen LogP contribution in [-0.4, -0.2) is 48.2 Å². The molecule has 0 unspecified atom stereocenters. The van der Waals surface area contributed by atoms with E-state index in [-0.39, 0.29) is 4.90 Å². The molecule has 8 heteroatoms. The van der Waals surface area contributed by atoms with Gasteiger partial charge >= 0.3 is 0 Å². The van der Waals surface area contributed by atoms with Crippen LogP contribution in [0.3, 0.4) is 0 Å². The minimum Gasteiger partial charge on any atom is -0.497 e. The highest BCUT2D eigenvalue weighted by molar-refractivity contribution is 7.89. The number of H-pyrrole nitrogens is 1. The fraction of sp³-hybridized carbons (Fsp3) is 0.250. The van der Waals surface area contributed by atoms with E-state index in [9.17, 15) is 13.5 Å². The Labute approximate surface area is 163 Å². The van der Waals surface area contributed by atoms with Crippen LogP contribution in [0, 0.1) is 0 Å². The molecule has 3 aromatic rings. The molecular weight excluding hydrogens is 378 g/mol. The average molecular weight is 399 g/mol. The van der Waals surface area contributed by atoms with Crippen LogP contribution in [0.2, 0.25) is 0 Å². The van der Waals surface area contributed by atoms with Crippen LogP contribution in [0.5, 0.6) is 5.75 Å². The van der Waals surface area contributed by atoms with Crippen molar-refractivity contribution in [1.82, 2.24) is 14.5 Å². The van der Waals surface area contributed by atoms with Crippen LogP contribution in [-0.2, 0) is 16.4 Å². The lowest BCUT2D eigenvalue weighted by Crippen LogP contribution is -2.46. The fourth-order valence-electron chi connectivity index (χ4n) is 3.64. The van der Waals surface area contributed by atoms with Gasteiger partial charge in [0.1, 0.15) is 5.75 Å². The number of ether oxygens (including phenoxy) is 1. The molecule has 28 heavy (non-hydrogen) atoms. The molecule has 4 rings (SSSR count). The minimum absolute atomic E-state index is 0.156. The van der Waals surface area contributed by atoms with Crippen LogP contribution in [0.1, 0.15) is 17.2 Å². The highest BCUT2D eigenvalue weighted by Gasteiger charge is 2.41. The Bertz CT molecular complexity index is 1090. The van der Waals surface area contributed by atoms with Gasteiger partial charge in [0.15, 0.2) is 0 Å². The van der Waals surface area contributed by atoms with E-state index < -0.39 is 22.2 Å². The van der Waals surface area contributed by atoms with Gasteiger partial charge in [-0.3, -0.25) is 5.10 Å². The van der Waals surface area contributed by atoms with Gasteiger partial charge in [-0.2, -0.15) is 9.40 Å². The fourth-order valence-corrected chi connectivity index (χ4v) is 5.23. The molecule has 0 bridgehead atoms. The zero-order valence-electron chi connectivity index (χ0n) is 15.5. The molecule has 0 aliphatic carbocycles. The molecule has 2 heterocycles. The Morgan fingerprint density at radius 1 is 1.18 bits per heavy atom. The molecule has 1 aliphatic rings. The number of hydrogen-bond acceptors (Lipinski definition) is 5. The highest BCUT2D eigenvalue weighted by Crippen LogP contribution is 2.38. The van der Waals surface area contributed by atoms with Gasteiger partial charge in [0.05, 0.1) is 36.0 Å². The minimum atomic E-state index is -3.67. The molecule has 0 fully saturated rings. The summed E-state index contributed by atoms with van der Waals surface area (Å²) in [6.07, 6.45) is 1.07. The first-order valence-corrected chi connectivity index (χ1v) is 10.3. The van der Waals surface area contributed by atoms with E-state index in [1.165, 1.54) is 17.4 Å². The zero-order chi connectivity index (χ0) is 19.9. The van der Waals surface area contributed by atoms with Gasteiger partial charge in [-0.15, -0.1) is 0 Å². The van der Waals surface area contributed by atoms with E-state index in [0.717, 1.165) is 22.6 Å². The second kappa shape index (κ2) is 7.05. The molecule has 1 aromatic heterocycles. The summed E-state index contributed by atoms with van der Waals surface area (Å²) in [4.78, 5) is 0.156. The smallest absolute Gasteiger partial charge is 0.243 e. The van der Waals surface area contributed by atoms with E-state index in [4.69, 9.17) is 4.74 Å². The lowest BCUT2D eigenvalue weighted by molar-refractivity contribution is 0.0892. The summed E-state index contributed by atoms with van der Waals surface area (Å²) in [5.41, 5.74) is 2.96. The molecular formula is C20H21N3O4S. The van der Waals surface area contributed by atoms with Gasteiger partial charge in [-0.1, -0.05) is 18.2 Å². The molecule has 0 saturated carbocycles. The van der Waals surface area contributed by atoms with Gasteiger partial charge in [0, 0.05) is 18.2 Å². The number of hydrogen-bond donors (Lipinski definition) is 2. The monoisotopic (exact) mass is 399 g/mol. The Morgan fingerprint density at radius 3 is 2.61 bits per heavy atom. The van der Waals surface area contributed by atoms with Crippen molar-refractivity contribution in [1.29, 1.82) is 0 Å². The van der Waals surface area contributed by atoms with Crippen molar-refractivity contribution in [2.45, 2.75) is 23.5 Å². The zero-order valence-corrected chi connectivity index (χ0v) is 16.3. The van der Waals surface area contributed by atoms with Crippen LogP contribution in [0.25, 0.3) is 11.3 Å². The number of methoxy groups -OCH3 is 1. The molecule has 0 saturated heterocycles. The van der Waals surface area contributed by atoms with Crippen molar-refractivity contribution in [3.05, 3.63) is 65.9 Å². The first kappa shape index (κ1) is 18.7. The number of aromatic nitrogens is 2. The van der Waals surface area contributed by atoms with Crippen LogP contribution in [0.4, 0.5) is 0 Å². The number of aliphatic hydroxyl groups excluding tert-OH is 1. The molecule has 2 atom stereocenters. The standard InChI is InChI=1S/C20H21N3O4S/c1-23-17(20(24)16-5-3-4-6-18(16)28(23,25)26)11-14-12-21-22-19(14)13-7-9-15(27-2)10-8-13/h3-10,12,17,20,24H,11H2,1-2H3,(H,21,22)/t17-,20+/m1/s1. The summed E-state index contributed by atoms with van der Waals surface area (Å²) in [7, 11) is -0.554. The average Bonchev–Trinajstić information content (AvgIpc) is 3.18. The van der Waals surface area contributed by atoms with Gasteiger partial charge in [0.2, 0.25) is 10.0 Å². The number of fused-ring (bicyclic) bond motifs is 1. The summed E-state index contributed by atoms with van der Waals surface area (Å²) < 4.78 is 32.2. The predicted octanol–water partition coefficient (Wildman–Crippen LogP) is 2.36. The second-order valence-corrected chi connectivity index (χ2v) is 8.74. The lowest BCUT2D eigenvalue weighted by Gasteiger charge is -2.37. The summed E-state index contributed by atoms with van der Waals surface area (Å²) in [5, 5.41) is 18.0. The Kier molecular flexibility index (Phi) is 4.70. The third-order valence-electron chi connectivity index (χ3n) is 5.25. The molecule has 0 radical (unpaired) electrons. The molecule has 2 aromatic carbocycles. The van der Waals surface area contributed by atoms with Crippen LogP contribution < -0.4 is 4.74 Å². The number of sulfonamides is 1. The van der Waals surface area contributed by atoms with Crippen molar-refractivity contribution in [2.24, 2.45) is 0 Å². The second-order valence-electron chi connectivity index (χ2n) is 6.77. The van der Waals surface area contributed by atoms with Crippen molar-refractivity contribution < 1.29 is 18.3 Å². The Balaban J connectivity index is 1.70. The van der Waals surface area contributed by atoms with E-state index in [1.54, 1.807) is 31.5 Å². The van der Waals surface area contributed by atoms with Gasteiger partial charge in [-0.05, 0) is 42.3 Å². The maximum atomic E-state index is 12.9. The largest absolute Gasteiger partial charge is 0.497 e. The van der Waals surface area contributed by atoms with Crippen LogP contribution in [0.15, 0.2) is 59.6 Å². The van der Waals surface area contributed by atoms with Crippen LogP contribution >= 0.6 is 0 Å². The van der Waals surface area contributed by atoms with Gasteiger partial charge in [0.25, 0.3) is 0 Å². The van der Waals surface area contributed by atoms with Crippen molar-refractivity contribution in [3.63, 3.8) is 0 Å². The van der Waals surface area contributed by atoms with E-state index in [1.807, 2.05) is 24.3 Å². The normalized spacial score (nSPS) is 21.2. The number of nitrogens with one attached hydrogen (secondary N) is 1. The number of aromatic amines is 1. The molecule has 7 nitrogen and oxygen atoms in total. The SMILES string of the molecule is COc1ccc(-c2[nH]ncc2C[C@@H]2[C@@H](O)c3ccccc3S(=O)(=O)N2C)cc1. The molecule has 1 aliphatic heterocycles. The first-order valence-electron chi connectivity index (χ1n) is 8.85. The number of rotatable bonds is 4. The highest BCUT2D eigenvalue weighted by atomic mass is 32.2. The lowest BCUT2D eigenvalue weighted by atomic mass is 9.94. The number of aliphatic hydroxyl groups is 1. The molecule has 0 amide bonds. The molecule has 146 valence electrons. The van der Waals surface area contributed by atoms with Gasteiger partial charge < -0.3 is 9.84 Å². The van der Waals surface area contributed by atoms with Crippen molar-refractivity contribution >= 4 is 10.0 Å². The number of nitrogens with zero attached hydrogens (tertiary/aromatic N) is 2. The van der Waals surface area contributed by atoms with E-state index in [2.05, 4.69) is 10.2 Å². The van der Waals surface area contributed by atoms with Gasteiger partial charge in [-0.25, -0.2) is 8.42 Å². The van der Waals surface area contributed by atoms with E-state index in [0.29, 0.717) is 12.0 Å². The van der Waals surface area contributed by atoms with E-state index >= 15 is 0 Å². The topological polar surface area (TPSA) is 95.5 Å². The Morgan fingerprint density at radius 2 is 1.89 bits per heavy atom. The number of likely N-dealkylation sites (N-methyl/N-ethyl adjacent to an activating group) is 1. The molecule has 2 N–H and O–H groups in total. The summed E-state index contributed by atoms with van der Waals surface area (Å²) >= 11 is 0. The summed E-state index contributed by atoms with van der Waals surface area (Å²) in [6.45, 7) is 0. The maximum Gasteiger partial charge on any atom is 0.243 e. The van der Waals surface area contributed by atoms with Crippen molar-refractivity contribution in [2.75, 3.05) is 14.2 Å². The summed E-state index contributed by atoms with van der Waals surface area (Å²) in [6, 6.07) is 13.5. The predicted molar refractivity (Wildman–Crippen MR) is 104 cm³/mol. The maximum absolute atomic E-state index is 12.9. The third kappa shape index (κ3) is 2.99. The summed E-state index contributed by atoms with van der Waals surface area (Å²) in [5.74, 6) is 0.745. The number of benzene rings is 2. The third-order valence-corrected chi connectivity index (χ3v) is 7.21. The van der Waals surface area contributed by atoms with Crippen molar-refractivity contribution in [3.8, 4) is 17.0 Å². The first-order chi connectivity index (χ1) is 13.4.